The summed E-state index contributed by atoms with van der Waals surface area (Å²) in [5, 5.41) is 10.3. The predicted octanol–water partition coefficient (Wildman–Crippen LogP) is 3.46. The van der Waals surface area contributed by atoms with E-state index in [4.69, 9.17) is 0 Å². The molecule has 0 unspecified atom stereocenters. The first-order valence-electron chi connectivity index (χ1n) is 5.99. The van der Waals surface area contributed by atoms with E-state index in [1.165, 1.54) is 12.1 Å². The second-order valence-electron chi connectivity index (χ2n) is 5.38. The number of benzene rings is 1. The van der Waals surface area contributed by atoms with Crippen molar-refractivity contribution in [2.75, 3.05) is 5.32 Å². The van der Waals surface area contributed by atoms with Gasteiger partial charge in [0.15, 0.2) is 0 Å². The molecule has 2 N–H and O–H groups in total. The van der Waals surface area contributed by atoms with E-state index in [0.29, 0.717) is 6.54 Å². The van der Waals surface area contributed by atoms with Crippen LogP contribution in [0.2, 0.25) is 0 Å². The lowest BCUT2D eigenvalue weighted by Gasteiger charge is -2.18. The number of aromatic amines is 1. The lowest BCUT2D eigenvalue weighted by Crippen LogP contribution is -2.15. The molecule has 1 aromatic carbocycles. The molecule has 4 heteroatoms. The second kappa shape index (κ2) is 4.80. The van der Waals surface area contributed by atoms with Crippen LogP contribution in [0.3, 0.4) is 0 Å². The van der Waals surface area contributed by atoms with E-state index in [0.717, 1.165) is 16.9 Å². The zero-order valence-electron chi connectivity index (χ0n) is 10.9. The molecule has 0 saturated carbocycles. The maximum absolute atomic E-state index is 13.0. The fraction of sp³-hybridized carbons (Fsp3) is 0.357. The molecule has 0 bridgehead atoms. The topological polar surface area (TPSA) is 40.7 Å². The van der Waals surface area contributed by atoms with Crippen molar-refractivity contribution in [2.45, 2.75) is 32.7 Å². The van der Waals surface area contributed by atoms with E-state index in [1.54, 1.807) is 6.07 Å². The van der Waals surface area contributed by atoms with Crippen LogP contribution in [0.15, 0.2) is 30.5 Å². The van der Waals surface area contributed by atoms with E-state index in [-0.39, 0.29) is 11.2 Å². The van der Waals surface area contributed by atoms with Crippen LogP contribution in [-0.4, -0.2) is 10.2 Å². The van der Waals surface area contributed by atoms with Crippen LogP contribution in [0.4, 0.5) is 10.1 Å². The third kappa shape index (κ3) is 2.88. The zero-order valence-corrected chi connectivity index (χ0v) is 10.9. The summed E-state index contributed by atoms with van der Waals surface area (Å²) in [6.07, 6.45) is 1.81. The quantitative estimate of drug-likeness (QED) is 0.872. The van der Waals surface area contributed by atoms with Crippen LogP contribution in [0.25, 0.3) is 0 Å². The highest BCUT2D eigenvalue weighted by Crippen LogP contribution is 2.24. The molecule has 0 aliphatic heterocycles. The maximum atomic E-state index is 13.0. The van der Waals surface area contributed by atoms with Gasteiger partial charge in [0.05, 0.1) is 6.20 Å². The number of hydrogen-bond donors (Lipinski definition) is 2. The van der Waals surface area contributed by atoms with Crippen LogP contribution in [0.5, 0.6) is 0 Å². The lowest BCUT2D eigenvalue weighted by atomic mass is 9.89. The van der Waals surface area contributed by atoms with Crippen molar-refractivity contribution < 1.29 is 4.39 Å². The van der Waals surface area contributed by atoms with Gasteiger partial charge in [0.25, 0.3) is 0 Å². The van der Waals surface area contributed by atoms with E-state index in [2.05, 4.69) is 36.3 Å². The van der Waals surface area contributed by atoms with Gasteiger partial charge in [0, 0.05) is 28.9 Å². The van der Waals surface area contributed by atoms with E-state index in [9.17, 15) is 4.39 Å². The van der Waals surface area contributed by atoms with Crippen molar-refractivity contribution in [1.82, 2.24) is 10.2 Å². The Labute approximate surface area is 106 Å². The fourth-order valence-corrected chi connectivity index (χ4v) is 1.89. The molecule has 0 spiro atoms. The molecule has 0 radical (unpaired) electrons. The van der Waals surface area contributed by atoms with Gasteiger partial charge >= 0.3 is 0 Å². The van der Waals surface area contributed by atoms with Crippen molar-refractivity contribution in [3.8, 4) is 0 Å². The Morgan fingerprint density at radius 2 is 2.11 bits per heavy atom. The third-order valence-electron chi connectivity index (χ3n) is 2.78. The molecule has 1 aromatic heterocycles. The van der Waals surface area contributed by atoms with Crippen molar-refractivity contribution >= 4 is 5.69 Å². The Morgan fingerprint density at radius 1 is 1.33 bits per heavy atom. The third-order valence-corrected chi connectivity index (χ3v) is 2.78. The van der Waals surface area contributed by atoms with Crippen molar-refractivity contribution in [1.29, 1.82) is 0 Å². The summed E-state index contributed by atoms with van der Waals surface area (Å²) in [5.41, 5.74) is 3.00. The summed E-state index contributed by atoms with van der Waals surface area (Å²) in [5.74, 6) is -0.233. The van der Waals surface area contributed by atoms with Crippen LogP contribution < -0.4 is 5.32 Å². The second-order valence-corrected chi connectivity index (χ2v) is 5.38. The lowest BCUT2D eigenvalue weighted by molar-refractivity contribution is 0.561. The van der Waals surface area contributed by atoms with E-state index in [1.807, 2.05) is 12.3 Å². The molecule has 3 nitrogen and oxygen atoms in total. The van der Waals surface area contributed by atoms with Crippen molar-refractivity contribution in [2.24, 2.45) is 0 Å². The van der Waals surface area contributed by atoms with E-state index >= 15 is 0 Å². The van der Waals surface area contributed by atoms with Gasteiger partial charge in [-0.1, -0.05) is 26.8 Å². The molecule has 0 fully saturated rings. The van der Waals surface area contributed by atoms with Gasteiger partial charge in [-0.25, -0.2) is 4.39 Å². The molecule has 0 aliphatic rings. The highest BCUT2D eigenvalue weighted by molar-refractivity contribution is 5.44. The van der Waals surface area contributed by atoms with Crippen molar-refractivity contribution in [3.63, 3.8) is 0 Å². The molecule has 96 valence electrons. The predicted molar refractivity (Wildman–Crippen MR) is 71.0 cm³/mol. The molecule has 2 rings (SSSR count). The Hall–Kier alpha value is -1.84. The van der Waals surface area contributed by atoms with Gasteiger partial charge in [-0.15, -0.1) is 0 Å². The van der Waals surface area contributed by atoms with E-state index < -0.39 is 0 Å². The number of anilines is 1. The molecule has 1 heterocycles. The van der Waals surface area contributed by atoms with Gasteiger partial charge in [0.1, 0.15) is 5.82 Å². The minimum atomic E-state index is -0.233. The Morgan fingerprint density at radius 3 is 2.78 bits per heavy atom. The normalized spacial score (nSPS) is 11.6. The first-order chi connectivity index (χ1) is 8.47. The Kier molecular flexibility index (Phi) is 3.36. The minimum Gasteiger partial charge on any atom is -0.381 e. The largest absolute Gasteiger partial charge is 0.381 e. The summed E-state index contributed by atoms with van der Waals surface area (Å²) < 4.78 is 13.0. The molecule has 0 saturated heterocycles. The van der Waals surface area contributed by atoms with Crippen LogP contribution in [0.1, 0.15) is 32.0 Å². The monoisotopic (exact) mass is 247 g/mol. The SMILES string of the molecule is CC(C)(C)c1[nH]ncc1CNc1cccc(F)c1. The maximum Gasteiger partial charge on any atom is 0.125 e. The van der Waals surface area contributed by atoms with Crippen LogP contribution in [0, 0.1) is 5.82 Å². The molecular weight excluding hydrogens is 229 g/mol. The number of nitrogens with one attached hydrogen (secondary N) is 2. The molecular formula is C14H18FN3. The number of aromatic nitrogens is 2. The summed E-state index contributed by atoms with van der Waals surface area (Å²) in [6.45, 7) is 7.02. The van der Waals surface area contributed by atoms with Gasteiger partial charge < -0.3 is 5.32 Å². The first-order valence-corrected chi connectivity index (χ1v) is 5.99. The number of halogens is 1. The number of hydrogen-bond acceptors (Lipinski definition) is 2. The summed E-state index contributed by atoms with van der Waals surface area (Å²) >= 11 is 0. The first kappa shape index (κ1) is 12.6. The summed E-state index contributed by atoms with van der Waals surface area (Å²) in [4.78, 5) is 0. The molecule has 0 amide bonds. The number of rotatable bonds is 3. The average Bonchev–Trinajstić information content (AvgIpc) is 2.74. The molecule has 0 atom stereocenters. The summed E-state index contributed by atoms with van der Waals surface area (Å²) in [7, 11) is 0. The number of H-pyrrole nitrogens is 1. The zero-order chi connectivity index (χ0) is 13.2. The number of nitrogens with zero attached hydrogens (tertiary/aromatic N) is 1. The smallest absolute Gasteiger partial charge is 0.125 e. The molecule has 2 aromatic rings. The van der Waals surface area contributed by atoms with Gasteiger partial charge in [-0.2, -0.15) is 5.10 Å². The van der Waals surface area contributed by atoms with Gasteiger partial charge in [-0.05, 0) is 18.2 Å². The van der Waals surface area contributed by atoms with Crippen LogP contribution in [-0.2, 0) is 12.0 Å². The van der Waals surface area contributed by atoms with Crippen LogP contribution >= 0.6 is 0 Å². The standard InChI is InChI=1S/C14H18FN3/c1-14(2,3)13-10(9-17-18-13)8-16-12-6-4-5-11(15)7-12/h4-7,9,16H,8H2,1-3H3,(H,17,18). The molecule has 18 heavy (non-hydrogen) atoms. The fourth-order valence-electron chi connectivity index (χ4n) is 1.89. The molecule has 0 aliphatic carbocycles. The Balaban J connectivity index is 2.09. The summed E-state index contributed by atoms with van der Waals surface area (Å²) in [6, 6.07) is 6.46. The highest BCUT2D eigenvalue weighted by Gasteiger charge is 2.19. The van der Waals surface area contributed by atoms with Gasteiger partial charge in [-0.3, -0.25) is 5.10 Å². The average molecular weight is 247 g/mol. The van der Waals surface area contributed by atoms with Crippen molar-refractivity contribution in [3.05, 3.63) is 47.5 Å². The Bertz CT molecular complexity index is 526. The highest BCUT2D eigenvalue weighted by atomic mass is 19.1. The minimum absolute atomic E-state index is 0.0233. The van der Waals surface area contributed by atoms with Gasteiger partial charge in [0.2, 0.25) is 0 Å².